The van der Waals surface area contributed by atoms with Crippen molar-refractivity contribution in [1.29, 1.82) is 0 Å². The molecule has 0 aromatic carbocycles. The molecule has 1 aliphatic heterocycles. The number of thioether (sulfide) groups is 1. The zero-order chi connectivity index (χ0) is 12.1. The second-order valence-corrected chi connectivity index (χ2v) is 6.42. The first-order chi connectivity index (χ1) is 8.29. The lowest BCUT2D eigenvalue weighted by molar-refractivity contribution is -0.122. The first-order valence-corrected chi connectivity index (χ1v) is 7.93. The van der Waals surface area contributed by atoms with Crippen molar-refractivity contribution in [3.8, 4) is 0 Å². The number of rotatable bonds is 4. The van der Waals surface area contributed by atoms with Gasteiger partial charge in [0.05, 0.1) is 12.6 Å². The van der Waals surface area contributed by atoms with E-state index in [0.29, 0.717) is 6.54 Å². The molecule has 1 aromatic rings. The predicted octanol–water partition coefficient (Wildman–Crippen LogP) is 1.63. The Morgan fingerprint density at radius 1 is 1.53 bits per heavy atom. The Bertz CT molecular complexity index is 372. The van der Waals surface area contributed by atoms with Gasteiger partial charge in [-0.05, 0) is 18.6 Å². The van der Waals surface area contributed by atoms with Gasteiger partial charge in [-0.25, -0.2) is 0 Å². The topological polar surface area (TPSA) is 41.1 Å². The molecule has 94 valence electrons. The van der Waals surface area contributed by atoms with Crippen LogP contribution in [0.2, 0.25) is 0 Å². The van der Waals surface area contributed by atoms with Crippen LogP contribution in [0.1, 0.15) is 16.7 Å². The Hall–Kier alpha value is -0.520. The molecule has 1 aliphatic rings. The molecule has 2 rings (SSSR count). The van der Waals surface area contributed by atoms with Crippen LogP contribution in [0, 0.1) is 0 Å². The van der Waals surface area contributed by atoms with Crippen LogP contribution in [0.3, 0.4) is 0 Å². The lowest BCUT2D eigenvalue weighted by Crippen LogP contribution is -2.48. The van der Waals surface area contributed by atoms with Crippen LogP contribution in [-0.4, -0.2) is 30.0 Å². The van der Waals surface area contributed by atoms with Crippen molar-refractivity contribution in [2.75, 3.05) is 18.1 Å². The van der Waals surface area contributed by atoms with Gasteiger partial charge >= 0.3 is 0 Å². The van der Waals surface area contributed by atoms with Gasteiger partial charge < -0.3 is 10.6 Å². The lowest BCUT2D eigenvalue weighted by Gasteiger charge is -2.22. The summed E-state index contributed by atoms with van der Waals surface area (Å²) >= 11 is 3.62. The molecule has 1 unspecified atom stereocenters. The van der Waals surface area contributed by atoms with E-state index in [4.69, 9.17) is 0 Å². The van der Waals surface area contributed by atoms with Gasteiger partial charge in [0.1, 0.15) is 0 Å². The molecule has 17 heavy (non-hydrogen) atoms. The summed E-state index contributed by atoms with van der Waals surface area (Å²) < 4.78 is 0. The van der Waals surface area contributed by atoms with Gasteiger partial charge in [0.25, 0.3) is 0 Å². The van der Waals surface area contributed by atoms with Gasteiger partial charge in [-0.1, -0.05) is 6.92 Å². The van der Waals surface area contributed by atoms with Crippen molar-refractivity contribution < 1.29 is 4.79 Å². The second-order valence-electron chi connectivity index (χ2n) is 4.02. The van der Waals surface area contributed by atoms with E-state index >= 15 is 0 Å². The van der Waals surface area contributed by atoms with Crippen LogP contribution < -0.4 is 10.6 Å². The van der Waals surface area contributed by atoms with Crippen LogP contribution in [0.15, 0.2) is 12.1 Å². The smallest absolute Gasteiger partial charge is 0.238 e. The maximum Gasteiger partial charge on any atom is 0.238 e. The van der Waals surface area contributed by atoms with E-state index in [-0.39, 0.29) is 11.9 Å². The highest BCUT2D eigenvalue weighted by Gasteiger charge is 2.20. The molecule has 1 saturated heterocycles. The van der Waals surface area contributed by atoms with Crippen LogP contribution >= 0.6 is 23.1 Å². The number of hydrogen-bond acceptors (Lipinski definition) is 4. The summed E-state index contributed by atoms with van der Waals surface area (Å²) in [6.07, 6.45) is 1.07. The summed E-state index contributed by atoms with van der Waals surface area (Å²) in [4.78, 5) is 14.5. The van der Waals surface area contributed by atoms with E-state index in [1.165, 1.54) is 9.75 Å². The molecule has 0 saturated carbocycles. The lowest BCUT2D eigenvalue weighted by atomic mass is 10.3. The first kappa shape index (κ1) is 12.9. The normalized spacial score (nSPS) is 20.2. The van der Waals surface area contributed by atoms with E-state index in [0.717, 1.165) is 24.5 Å². The van der Waals surface area contributed by atoms with Gasteiger partial charge in [-0.15, -0.1) is 11.3 Å². The minimum absolute atomic E-state index is 0.0145. The average Bonchev–Trinajstić information content (AvgIpc) is 2.85. The van der Waals surface area contributed by atoms with Crippen LogP contribution in [0.25, 0.3) is 0 Å². The molecule has 2 heterocycles. The molecule has 0 bridgehead atoms. The van der Waals surface area contributed by atoms with Crippen molar-refractivity contribution in [2.24, 2.45) is 0 Å². The maximum atomic E-state index is 11.9. The summed E-state index contributed by atoms with van der Waals surface area (Å²) in [5.41, 5.74) is 0. The highest BCUT2D eigenvalue weighted by molar-refractivity contribution is 7.99. The molecule has 1 atom stereocenters. The Morgan fingerprint density at radius 2 is 2.35 bits per heavy atom. The predicted molar refractivity (Wildman–Crippen MR) is 74.7 cm³/mol. The Balaban J connectivity index is 1.78. The molecule has 5 heteroatoms. The number of thiophene rings is 1. The van der Waals surface area contributed by atoms with Crippen molar-refractivity contribution in [1.82, 2.24) is 10.6 Å². The highest BCUT2D eigenvalue weighted by atomic mass is 32.2. The maximum absolute atomic E-state index is 11.9. The van der Waals surface area contributed by atoms with Crippen molar-refractivity contribution in [3.05, 3.63) is 21.9 Å². The second kappa shape index (κ2) is 6.42. The van der Waals surface area contributed by atoms with Crippen LogP contribution in [0.4, 0.5) is 0 Å². The highest BCUT2D eigenvalue weighted by Crippen LogP contribution is 2.16. The van der Waals surface area contributed by atoms with E-state index < -0.39 is 0 Å². The number of carbonyl (C=O) groups excluding carboxylic acids is 1. The molecule has 1 amide bonds. The van der Waals surface area contributed by atoms with Crippen LogP contribution in [-0.2, 0) is 17.8 Å². The summed E-state index contributed by atoms with van der Waals surface area (Å²) in [5.74, 6) is 2.12. The zero-order valence-electron chi connectivity index (χ0n) is 9.99. The number of aryl methyl sites for hydroxylation is 1. The molecule has 1 fully saturated rings. The fourth-order valence-electron chi connectivity index (χ4n) is 1.74. The van der Waals surface area contributed by atoms with E-state index in [1.54, 1.807) is 11.3 Å². The Labute approximate surface area is 110 Å². The molecule has 2 N–H and O–H groups in total. The molecular formula is C12H18N2OS2. The fourth-order valence-corrected chi connectivity index (χ4v) is 3.57. The third-order valence-corrected chi connectivity index (χ3v) is 5.03. The van der Waals surface area contributed by atoms with E-state index in [2.05, 4.69) is 29.7 Å². The van der Waals surface area contributed by atoms with Crippen LogP contribution in [0.5, 0.6) is 0 Å². The quantitative estimate of drug-likeness (QED) is 0.874. The number of nitrogens with one attached hydrogen (secondary N) is 2. The van der Waals surface area contributed by atoms with Gasteiger partial charge in [0, 0.05) is 27.8 Å². The summed E-state index contributed by atoms with van der Waals surface area (Å²) in [6, 6.07) is 4.23. The van der Waals surface area contributed by atoms with Crippen molar-refractivity contribution >= 4 is 29.0 Å². The number of hydrogen-bond donors (Lipinski definition) is 2. The van der Waals surface area contributed by atoms with Gasteiger partial charge in [-0.2, -0.15) is 11.8 Å². The molecule has 0 radical (unpaired) electrons. The molecular weight excluding hydrogens is 252 g/mol. The third-order valence-electron chi connectivity index (χ3n) is 2.74. The van der Waals surface area contributed by atoms with Gasteiger partial charge in [0.15, 0.2) is 0 Å². The summed E-state index contributed by atoms with van der Waals surface area (Å²) in [5, 5.41) is 6.24. The Kier molecular flexibility index (Phi) is 4.88. The standard InChI is InChI=1S/C12H18N2OS2/c1-2-9-3-4-10(17-9)7-14-12(15)11-8-16-6-5-13-11/h3-4,11,13H,2,5-8H2,1H3,(H,14,15). The molecule has 0 spiro atoms. The summed E-state index contributed by atoms with van der Waals surface area (Å²) in [7, 11) is 0. The number of carbonyl (C=O) groups is 1. The molecule has 1 aromatic heterocycles. The van der Waals surface area contributed by atoms with E-state index in [1.807, 2.05) is 11.8 Å². The monoisotopic (exact) mass is 270 g/mol. The third kappa shape index (κ3) is 3.72. The minimum Gasteiger partial charge on any atom is -0.350 e. The number of amides is 1. The van der Waals surface area contributed by atoms with Crippen molar-refractivity contribution in [2.45, 2.75) is 25.9 Å². The van der Waals surface area contributed by atoms with Gasteiger partial charge in [0.2, 0.25) is 5.91 Å². The zero-order valence-corrected chi connectivity index (χ0v) is 11.6. The average molecular weight is 270 g/mol. The molecule has 3 nitrogen and oxygen atoms in total. The van der Waals surface area contributed by atoms with Crippen molar-refractivity contribution in [3.63, 3.8) is 0 Å². The van der Waals surface area contributed by atoms with E-state index in [9.17, 15) is 4.79 Å². The minimum atomic E-state index is -0.0145. The fraction of sp³-hybridized carbons (Fsp3) is 0.583. The largest absolute Gasteiger partial charge is 0.350 e. The first-order valence-electron chi connectivity index (χ1n) is 5.96. The summed E-state index contributed by atoms with van der Waals surface area (Å²) in [6.45, 7) is 3.74. The molecule has 0 aliphatic carbocycles. The SMILES string of the molecule is CCc1ccc(CNC(=O)C2CSCCN2)s1. The van der Waals surface area contributed by atoms with Gasteiger partial charge in [-0.3, -0.25) is 4.79 Å². The Morgan fingerprint density at radius 3 is 3.00 bits per heavy atom.